The predicted molar refractivity (Wildman–Crippen MR) is 81.7 cm³/mol. The van der Waals surface area contributed by atoms with Crippen LogP contribution in [0.3, 0.4) is 0 Å². The summed E-state index contributed by atoms with van der Waals surface area (Å²) in [4.78, 5) is 49.1. The number of imide groups is 2. The van der Waals surface area contributed by atoms with Crippen molar-refractivity contribution in [3.05, 3.63) is 34.9 Å². The minimum absolute atomic E-state index is 0.0569. The van der Waals surface area contributed by atoms with Crippen LogP contribution in [0.5, 0.6) is 0 Å². The maximum absolute atomic E-state index is 12.6. The number of aliphatic hydroxyl groups is 1. The molecule has 1 aromatic carbocycles. The molecule has 1 aromatic rings. The number of benzene rings is 1. The van der Waals surface area contributed by atoms with Gasteiger partial charge in [-0.25, -0.2) is 0 Å². The predicted octanol–water partition coefficient (Wildman–Crippen LogP) is -0.178. The zero-order valence-electron chi connectivity index (χ0n) is 12.7. The van der Waals surface area contributed by atoms with Gasteiger partial charge < -0.3 is 5.11 Å². The summed E-state index contributed by atoms with van der Waals surface area (Å²) in [7, 11) is 0. The number of rotatable bonds is 2. The average molecular weight is 326 g/mol. The van der Waals surface area contributed by atoms with Gasteiger partial charge in [-0.2, -0.15) is 0 Å². The van der Waals surface area contributed by atoms with E-state index >= 15 is 0 Å². The number of aliphatic hydroxyl groups excluding tert-OH is 1. The fraction of sp³-hybridized carbons (Fsp3) is 0.294. The molecule has 0 bridgehead atoms. The van der Waals surface area contributed by atoms with Crippen molar-refractivity contribution < 1.29 is 24.3 Å². The lowest BCUT2D eigenvalue weighted by Gasteiger charge is -2.27. The van der Waals surface area contributed by atoms with Gasteiger partial charge in [0.05, 0.1) is 17.7 Å². The number of carbonyl (C=O) groups excluding carboxylic acids is 4. The Kier molecular flexibility index (Phi) is 4.15. The zero-order valence-corrected chi connectivity index (χ0v) is 12.7. The number of nitrogens with one attached hydrogen (secondary N) is 1. The first-order valence-electron chi connectivity index (χ1n) is 7.48. The summed E-state index contributed by atoms with van der Waals surface area (Å²) in [6.45, 7) is -0.0569. The molecular formula is C17H14N2O5. The molecule has 24 heavy (non-hydrogen) atoms. The van der Waals surface area contributed by atoms with Gasteiger partial charge in [0.2, 0.25) is 11.8 Å². The van der Waals surface area contributed by atoms with Crippen LogP contribution in [0.2, 0.25) is 0 Å². The highest BCUT2D eigenvalue weighted by Crippen LogP contribution is 2.28. The van der Waals surface area contributed by atoms with Crippen molar-refractivity contribution >= 4 is 23.6 Å². The molecule has 7 nitrogen and oxygen atoms in total. The van der Waals surface area contributed by atoms with Gasteiger partial charge in [-0.15, -0.1) is 0 Å². The second-order valence-electron chi connectivity index (χ2n) is 5.48. The zero-order chi connectivity index (χ0) is 17.3. The largest absolute Gasteiger partial charge is 0.395 e. The van der Waals surface area contributed by atoms with Gasteiger partial charge >= 0.3 is 0 Å². The molecule has 2 N–H and O–H groups in total. The van der Waals surface area contributed by atoms with Crippen LogP contribution in [0.4, 0.5) is 0 Å². The summed E-state index contributed by atoms with van der Waals surface area (Å²) in [6, 6.07) is 3.65. The molecule has 1 saturated heterocycles. The van der Waals surface area contributed by atoms with Gasteiger partial charge in [-0.05, 0) is 24.6 Å². The van der Waals surface area contributed by atoms with E-state index < -0.39 is 29.7 Å². The van der Waals surface area contributed by atoms with E-state index in [1.165, 1.54) is 12.1 Å². The molecule has 3 rings (SSSR count). The van der Waals surface area contributed by atoms with Gasteiger partial charge in [0.25, 0.3) is 11.8 Å². The number of carbonyl (C=O) groups is 4. The second-order valence-corrected chi connectivity index (χ2v) is 5.48. The molecule has 2 aliphatic heterocycles. The summed E-state index contributed by atoms with van der Waals surface area (Å²) >= 11 is 0. The van der Waals surface area contributed by atoms with Crippen molar-refractivity contribution in [2.24, 2.45) is 0 Å². The standard InChI is InChI=1S/C17H14N2O5/c20-8-2-1-3-10-4-5-11-12(9-10)17(24)19(16(11)23)13-6-7-14(21)18-15(13)22/h4-5,9,13,20H,2,6-8H2,(H,18,21,22). The topological polar surface area (TPSA) is 104 Å². The summed E-state index contributed by atoms with van der Waals surface area (Å²) in [6.07, 6.45) is 0.521. The van der Waals surface area contributed by atoms with E-state index in [9.17, 15) is 19.2 Å². The highest BCUT2D eigenvalue weighted by molar-refractivity contribution is 6.23. The smallest absolute Gasteiger partial charge is 0.262 e. The van der Waals surface area contributed by atoms with Crippen LogP contribution in [0.15, 0.2) is 18.2 Å². The van der Waals surface area contributed by atoms with Crippen molar-refractivity contribution in [1.29, 1.82) is 0 Å². The van der Waals surface area contributed by atoms with Crippen LogP contribution >= 0.6 is 0 Å². The van der Waals surface area contributed by atoms with Crippen molar-refractivity contribution in [3.63, 3.8) is 0 Å². The summed E-state index contributed by atoms with van der Waals surface area (Å²) in [5.74, 6) is 3.40. The Balaban J connectivity index is 1.90. The number of hydrogen-bond acceptors (Lipinski definition) is 5. The Hall–Kier alpha value is -2.98. The van der Waals surface area contributed by atoms with Crippen LogP contribution in [0.1, 0.15) is 45.5 Å². The number of amides is 4. The Morgan fingerprint density at radius 3 is 2.62 bits per heavy atom. The minimum Gasteiger partial charge on any atom is -0.395 e. The molecule has 2 aliphatic rings. The third kappa shape index (κ3) is 2.68. The maximum Gasteiger partial charge on any atom is 0.262 e. The molecule has 0 aliphatic carbocycles. The van der Waals surface area contributed by atoms with Gasteiger partial charge in [0.1, 0.15) is 6.04 Å². The molecular weight excluding hydrogens is 312 g/mol. The number of hydrogen-bond donors (Lipinski definition) is 2. The monoisotopic (exact) mass is 326 g/mol. The molecule has 0 aromatic heterocycles. The fourth-order valence-electron chi connectivity index (χ4n) is 2.77. The Morgan fingerprint density at radius 2 is 1.92 bits per heavy atom. The normalized spacial score (nSPS) is 19.7. The van der Waals surface area contributed by atoms with Gasteiger partial charge in [-0.3, -0.25) is 29.4 Å². The van der Waals surface area contributed by atoms with Crippen molar-refractivity contribution in [2.45, 2.75) is 25.3 Å². The first-order valence-corrected chi connectivity index (χ1v) is 7.48. The minimum atomic E-state index is -0.973. The van der Waals surface area contributed by atoms with E-state index in [2.05, 4.69) is 17.2 Å². The third-order valence-corrected chi connectivity index (χ3v) is 3.91. The molecule has 0 radical (unpaired) electrons. The molecule has 1 fully saturated rings. The van der Waals surface area contributed by atoms with Crippen LogP contribution < -0.4 is 5.32 Å². The molecule has 122 valence electrons. The van der Waals surface area contributed by atoms with Gasteiger partial charge in [0.15, 0.2) is 0 Å². The van der Waals surface area contributed by atoms with E-state index in [0.29, 0.717) is 12.0 Å². The molecule has 7 heteroatoms. The van der Waals surface area contributed by atoms with Gasteiger partial charge in [-0.1, -0.05) is 11.8 Å². The number of nitrogens with zero attached hydrogens (tertiary/aromatic N) is 1. The van der Waals surface area contributed by atoms with Crippen molar-refractivity contribution in [1.82, 2.24) is 10.2 Å². The first kappa shape index (κ1) is 15.9. The second kappa shape index (κ2) is 6.26. The molecule has 0 saturated carbocycles. The number of piperidine rings is 1. The molecule has 1 unspecified atom stereocenters. The van der Waals surface area contributed by atoms with E-state index in [1.54, 1.807) is 6.07 Å². The van der Waals surface area contributed by atoms with Crippen LogP contribution in [-0.2, 0) is 9.59 Å². The van der Waals surface area contributed by atoms with E-state index in [4.69, 9.17) is 5.11 Å². The Morgan fingerprint density at radius 1 is 1.17 bits per heavy atom. The lowest BCUT2D eigenvalue weighted by molar-refractivity contribution is -0.136. The highest BCUT2D eigenvalue weighted by Gasteiger charge is 2.44. The van der Waals surface area contributed by atoms with Crippen molar-refractivity contribution in [2.75, 3.05) is 6.61 Å². The van der Waals surface area contributed by atoms with E-state index in [-0.39, 0.29) is 30.6 Å². The lowest BCUT2D eigenvalue weighted by atomic mass is 10.0. The van der Waals surface area contributed by atoms with Gasteiger partial charge in [0, 0.05) is 18.4 Å². The first-order chi connectivity index (χ1) is 11.5. The van der Waals surface area contributed by atoms with Crippen molar-refractivity contribution in [3.8, 4) is 11.8 Å². The van der Waals surface area contributed by atoms with E-state index in [1.807, 2.05) is 0 Å². The van der Waals surface area contributed by atoms with Crippen LogP contribution in [0.25, 0.3) is 0 Å². The maximum atomic E-state index is 12.6. The summed E-state index contributed by atoms with van der Waals surface area (Å²) in [5, 5.41) is 10.9. The third-order valence-electron chi connectivity index (χ3n) is 3.91. The molecule has 0 spiro atoms. The summed E-state index contributed by atoms with van der Waals surface area (Å²) < 4.78 is 0. The summed E-state index contributed by atoms with van der Waals surface area (Å²) in [5.41, 5.74) is 0.964. The van der Waals surface area contributed by atoms with E-state index in [0.717, 1.165) is 4.90 Å². The number of fused-ring (bicyclic) bond motifs is 1. The molecule has 1 atom stereocenters. The Labute approximate surface area is 137 Å². The molecule has 4 amide bonds. The fourth-order valence-corrected chi connectivity index (χ4v) is 2.77. The quantitative estimate of drug-likeness (QED) is 0.580. The molecule has 2 heterocycles. The SMILES string of the molecule is O=C1CCC(N2C(=O)c3ccc(C#CCCO)cc3C2=O)C(=O)N1. The van der Waals surface area contributed by atoms with Crippen LogP contribution in [0, 0.1) is 11.8 Å². The lowest BCUT2D eigenvalue weighted by Crippen LogP contribution is -2.54. The average Bonchev–Trinajstić information content (AvgIpc) is 2.80. The highest BCUT2D eigenvalue weighted by atomic mass is 16.3. The Bertz CT molecular complexity index is 818. The van der Waals surface area contributed by atoms with Crippen LogP contribution in [-0.4, -0.2) is 46.3 Å².